The predicted molar refractivity (Wildman–Crippen MR) is 88.8 cm³/mol. The van der Waals surface area contributed by atoms with Crippen LogP contribution in [0.4, 0.5) is 0 Å². The summed E-state index contributed by atoms with van der Waals surface area (Å²) in [4.78, 5) is 48.1. The zero-order valence-corrected chi connectivity index (χ0v) is 14.6. The number of carbonyl (C=O) groups excluding carboxylic acids is 4. The summed E-state index contributed by atoms with van der Waals surface area (Å²) < 4.78 is 14.9. The Balaban J connectivity index is 1.82. The summed E-state index contributed by atoms with van der Waals surface area (Å²) in [5.74, 6) is -1.29. The Morgan fingerprint density at radius 3 is 2.31 bits per heavy atom. The number of hydrogen-bond acceptors (Lipinski definition) is 7. The summed E-state index contributed by atoms with van der Waals surface area (Å²) in [5, 5.41) is 2.39. The Hall–Kier alpha value is -3.10. The SMILES string of the molecule is COc1cc(OC)cc(C(=O)NCC(=O)OCC(=O)N2CCCC2=O)c1. The standard InChI is InChI=1S/C17H20N2O7/c1-24-12-6-11(7-13(8-12)25-2)17(23)18-9-16(22)26-10-15(21)19-5-3-4-14(19)20/h6-8H,3-5,9-10H2,1-2H3,(H,18,23). The lowest BCUT2D eigenvalue weighted by Gasteiger charge is -2.13. The number of likely N-dealkylation sites (tertiary alicyclic amines) is 1. The fourth-order valence-corrected chi connectivity index (χ4v) is 2.38. The third-order valence-corrected chi connectivity index (χ3v) is 3.74. The second-order valence-electron chi connectivity index (χ2n) is 5.49. The molecule has 26 heavy (non-hydrogen) atoms. The van der Waals surface area contributed by atoms with Crippen molar-refractivity contribution in [3.8, 4) is 11.5 Å². The number of nitrogens with zero attached hydrogens (tertiary/aromatic N) is 1. The molecule has 0 unspecified atom stereocenters. The minimum atomic E-state index is -0.784. The molecule has 1 aliphatic rings. The van der Waals surface area contributed by atoms with Crippen LogP contribution in [0.5, 0.6) is 11.5 Å². The average molecular weight is 364 g/mol. The van der Waals surface area contributed by atoms with Crippen molar-refractivity contribution < 1.29 is 33.4 Å². The lowest BCUT2D eigenvalue weighted by atomic mass is 10.2. The Morgan fingerprint density at radius 1 is 1.12 bits per heavy atom. The first kappa shape index (κ1) is 19.2. The number of esters is 1. The predicted octanol–water partition coefficient (Wildman–Crippen LogP) is 0.126. The molecule has 0 atom stereocenters. The second-order valence-corrected chi connectivity index (χ2v) is 5.49. The van der Waals surface area contributed by atoms with E-state index in [1.165, 1.54) is 26.4 Å². The first-order valence-corrected chi connectivity index (χ1v) is 7.94. The van der Waals surface area contributed by atoms with E-state index in [0.29, 0.717) is 30.9 Å². The highest BCUT2D eigenvalue weighted by molar-refractivity contribution is 5.98. The fraction of sp³-hybridized carbons (Fsp3) is 0.412. The van der Waals surface area contributed by atoms with Crippen LogP contribution in [0.15, 0.2) is 18.2 Å². The van der Waals surface area contributed by atoms with Gasteiger partial charge in [0.2, 0.25) is 5.91 Å². The van der Waals surface area contributed by atoms with Gasteiger partial charge in [-0.25, -0.2) is 0 Å². The molecule has 3 amide bonds. The van der Waals surface area contributed by atoms with Crippen molar-refractivity contribution in [2.75, 3.05) is 33.9 Å². The van der Waals surface area contributed by atoms with Crippen LogP contribution in [-0.4, -0.2) is 62.5 Å². The van der Waals surface area contributed by atoms with Gasteiger partial charge in [0.25, 0.3) is 11.8 Å². The first-order valence-electron chi connectivity index (χ1n) is 7.94. The number of methoxy groups -OCH3 is 2. The van der Waals surface area contributed by atoms with Crippen molar-refractivity contribution >= 4 is 23.7 Å². The van der Waals surface area contributed by atoms with Crippen LogP contribution in [-0.2, 0) is 19.1 Å². The lowest BCUT2D eigenvalue weighted by molar-refractivity contribution is -0.154. The van der Waals surface area contributed by atoms with E-state index in [9.17, 15) is 19.2 Å². The molecule has 2 rings (SSSR count). The molecule has 9 heteroatoms. The monoisotopic (exact) mass is 364 g/mol. The van der Waals surface area contributed by atoms with Gasteiger partial charge in [-0.1, -0.05) is 0 Å². The van der Waals surface area contributed by atoms with E-state index in [-0.39, 0.29) is 11.5 Å². The molecule has 1 heterocycles. The molecular weight excluding hydrogens is 344 g/mol. The Morgan fingerprint density at radius 2 is 1.77 bits per heavy atom. The van der Waals surface area contributed by atoms with Crippen LogP contribution < -0.4 is 14.8 Å². The molecule has 1 saturated heterocycles. The van der Waals surface area contributed by atoms with Crippen molar-refractivity contribution in [1.29, 1.82) is 0 Å². The zero-order valence-electron chi connectivity index (χ0n) is 14.6. The average Bonchev–Trinajstić information content (AvgIpc) is 3.09. The van der Waals surface area contributed by atoms with Crippen LogP contribution in [0, 0.1) is 0 Å². The van der Waals surface area contributed by atoms with Crippen LogP contribution >= 0.6 is 0 Å². The smallest absolute Gasteiger partial charge is 0.325 e. The number of benzene rings is 1. The maximum Gasteiger partial charge on any atom is 0.325 e. The Bertz CT molecular complexity index is 695. The lowest BCUT2D eigenvalue weighted by Crippen LogP contribution is -2.37. The third kappa shape index (κ3) is 4.95. The van der Waals surface area contributed by atoms with Gasteiger partial charge in [-0.3, -0.25) is 24.1 Å². The van der Waals surface area contributed by atoms with Gasteiger partial charge in [0.15, 0.2) is 6.61 Å². The van der Waals surface area contributed by atoms with Gasteiger partial charge < -0.3 is 19.5 Å². The number of nitrogens with one attached hydrogen (secondary N) is 1. The number of carbonyl (C=O) groups is 4. The number of amides is 3. The number of rotatable bonds is 7. The summed E-state index contributed by atoms with van der Waals surface area (Å²) in [6.07, 6.45) is 0.929. The molecule has 0 aromatic heterocycles. The molecule has 1 N–H and O–H groups in total. The van der Waals surface area contributed by atoms with Gasteiger partial charge in [0.05, 0.1) is 14.2 Å². The normalized spacial score (nSPS) is 13.3. The van der Waals surface area contributed by atoms with Gasteiger partial charge >= 0.3 is 5.97 Å². The fourth-order valence-electron chi connectivity index (χ4n) is 2.38. The minimum Gasteiger partial charge on any atom is -0.497 e. The molecule has 0 aliphatic carbocycles. The third-order valence-electron chi connectivity index (χ3n) is 3.74. The van der Waals surface area contributed by atoms with Crippen LogP contribution in [0.2, 0.25) is 0 Å². The molecule has 1 aromatic carbocycles. The molecule has 0 radical (unpaired) electrons. The second kappa shape index (κ2) is 8.84. The Labute approximate surface area is 150 Å². The minimum absolute atomic E-state index is 0.243. The quantitative estimate of drug-likeness (QED) is 0.684. The molecule has 1 aliphatic heterocycles. The van der Waals surface area contributed by atoms with Crippen LogP contribution in [0.25, 0.3) is 0 Å². The largest absolute Gasteiger partial charge is 0.497 e. The van der Waals surface area contributed by atoms with Gasteiger partial charge in [0.1, 0.15) is 18.0 Å². The van der Waals surface area contributed by atoms with E-state index in [0.717, 1.165) is 4.90 Å². The van der Waals surface area contributed by atoms with Gasteiger partial charge in [-0.05, 0) is 18.6 Å². The van der Waals surface area contributed by atoms with E-state index in [1.54, 1.807) is 6.07 Å². The molecule has 0 spiro atoms. The molecule has 1 aromatic rings. The number of ether oxygens (including phenoxy) is 3. The van der Waals surface area contributed by atoms with Gasteiger partial charge in [-0.2, -0.15) is 0 Å². The van der Waals surface area contributed by atoms with E-state index in [2.05, 4.69) is 5.32 Å². The highest BCUT2D eigenvalue weighted by Gasteiger charge is 2.27. The first-order chi connectivity index (χ1) is 12.4. The molecule has 9 nitrogen and oxygen atoms in total. The van der Waals surface area contributed by atoms with Crippen molar-refractivity contribution in [2.24, 2.45) is 0 Å². The molecule has 140 valence electrons. The highest BCUT2D eigenvalue weighted by atomic mass is 16.5. The highest BCUT2D eigenvalue weighted by Crippen LogP contribution is 2.22. The van der Waals surface area contributed by atoms with Crippen molar-refractivity contribution in [3.63, 3.8) is 0 Å². The Kier molecular flexibility index (Phi) is 6.54. The summed E-state index contributed by atoms with van der Waals surface area (Å²) in [6.45, 7) is -0.614. The molecule has 1 fully saturated rings. The van der Waals surface area contributed by atoms with E-state index >= 15 is 0 Å². The molecule has 0 saturated carbocycles. The molecular formula is C17H20N2O7. The topological polar surface area (TPSA) is 111 Å². The number of hydrogen-bond donors (Lipinski definition) is 1. The van der Waals surface area contributed by atoms with Gasteiger partial charge in [0, 0.05) is 24.6 Å². The van der Waals surface area contributed by atoms with Crippen LogP contribution in [0.1, 0.15) is 23.2 Å². The maximum atomic E-state index is 12.1. The molecule has 0 bridgehead atoms. The maximum absolute atomic E-state index is 12.1. The van der Waals surface area contributed by atoms with E-state index in [4.69, 9.17) is 14.2 Å². The van der Waals surface area contributed by atoms with Crippen molar-refractivity contribution in [3.05, 3.63) is 23.8 Å². The van der Waals surface area contributed by atoms with E-state index < -0.39 is 30.9 Å². The van der Waals surface area contributed by atoms with Gasteiger partial charge in [-0.15, -0.1) is 0 Å². The summed E-state index contributed by atoms with van der Waals surface area (Å²) in [6, 6.07) is 4.59. The van der Waals surface area contributed by atoms with E-state index in [1.807, 2.05) is 0 Å². The summed E-state index contributed by atoms with van der Waals surface area (Å²) >= 11 is 0. The van der Waals surface area contributed by atoms with Crippen LogP contribution in [0.3, 0.4) is 0 Å². The zero-order chi connectivity index (χ0) is 19.1. The summed E-state index contributed by atoms with van der Waals surface area (Å²) in [5.41, 5.74) is 0.243. The van der Waals surface area contributed by atoms with Crippen molar-refractivity contribution in [1.82, 2.24) is 10.2 Å². The van der Waals surface area contributed by atoms with Crippen molar-refractivity contribution in [2.45, 2.75) is 12.8 Å². The summed E-state index contributed by atoms with van der Waals surface area (Å²) in [7, 11) is 2.91. The number of imide groups is 1.